The van der Waals surface area contributed by atoms with Gasteiger partial charge in [-0.2, -0.15) is 0 Å². The molecule has 1 unspecified atom stereocenters. The van der Waals surface area contributed by atoms with E-state index in [1.807, 2.05) is 13.8 Å². The molecule has 0 bridgehead atoms. The fourth-order valence-electron chi connectivity index (χ4n) is 8.97. The Hall–Kier alpha value is -0.830. The summed E-state index contributed by atoms with van der Waals surface area (Å²) in [7, 11) is 0. The zero-order valence-electron chi connectivity index (χ0n) is 23.1. The molecule has 0 aliphatic heterocycles. The maximum Gasteiger partial charge on any atom is 0.308 e. The molecular weight excluding hydrogens is 420 g/mol. The maximum absolute atomic E-state index is 12.2. The van der Waals surface area contributed by atoms with Crippen LogP contribution in [-0.2, 0) is 9.53 Å². The van der Waals surface area contributed by atoms with Gasteiger partial charge in [-0.05, 0) is 104 Å². The molecule has 4 aliphatic rings. The molecule has 194 valence electrons. The number of allylic oxidation sites excluding steroid dienone is 1. The SMILES string of the molecule is CC(C)C(=O)O[C@H]1CC[C@@]2(C)C(=CC[C@H]3[C@@H]4CC[C@H]([C@H](C)CCC(O)C(C)C)[C@@]4(C)CC[C@@H]32)C1. The van der Waals surface area contributed by atoms with Crippen molar-refractivity contribution < 1.29 is 14.6 Å². The third kappa shape index (κ3) is 4.64. The van der Waals surface area contributed by atoms with E-state index in [4.69, 9.17) is 4.74 Å². The predicted octanol–water partition coefficient (Wildman–Crippen LogP) is 7.57. The van der Waals surface area contributed by atoms with Crippen molar-refractivity contribution in [1.82, 2.24) is 0 Å². The molecule has 3 heteroatoms. The number of ether oxygens (including phenoxy) is 1. The van der Waals surface area contributed by atoms with Crippen molar-refractivity contribution in [3.05, 3.63) is 11.6 Å². The third-order valence-electron chi connectivity index (χ3n) is 11.3. The van der Waals surface area contributed by atoms with E-state index in [9.17, 15) is 9.90 Å². The van der Waals surface area contributed by atoms with Gasteiger partial charge in [0.2, 0.25) is 0 Å². The molecule has 0 radical (unpaired) electrons. The first-order valence-electron chi connectivity index (χ1n) is 14.6. The van der Waals surface area contributed by atoms with Crippen LogP contribution in [0, 0.1) is 52.3 Å². The Balaban J connectivity index is 1.44. The Kier molecular flexibility index (Phi) is 7.65. The van der Waals surface area contributed by atoms with Crippen LogP contribution in [0.25, 0.3) is 0 Å². The highest BCUT2D eigenvalue weighted by Crippen LogP contribution is 2.67. The quantitative estimate of drug-likeness (QED) is 0.307. The molecule has 4 rings (SSSR count). The second-order valence-corrected chi connectivity index (χ2v) is 13.8. The maximum atomic E-state index is 12.2. The molecule has 9 atom stereocenters. The Morgan fingerprint density at radius 3 is 2.44 bits per heavy atom. The molecule has 0 aromatic carbocycles. The van der Waals surface area contributed by atoms with Crippen molar-refractivity contribution in [3.63, 3.8) is 0 Å². The van der Waals surface area contributed by atoms with Crippen LogP contribution in [0.15, 0.2) is 11.6 Å². The molecule has 0 aromatic rings. The van der Waals surface area contributed by atoms with Crippen LogP contribution >= 0.6 is 0 Å². The van der Waals surface area contributed by atoms with Crippen LogP contribution in [0.4, 0.5) is 0 Å². The molecule has 34 heavy (non-hydrogen) atoms. The molecule has 0 aromatic heterocycles. The van der Waals surface area contributed by atoms with Crippen molar-refractivity contribution >= 4 is 5.97 Å². The van der Waals surface area contributed by atoms with Crippen molar-refractivity contribution in [1.29, 1.82) is 0 Å². The largest absolute Gasteiger partial charge is 0.462 e. The predicted molar refractivity (Wildman–Crippen MR) is 139 cm³/mol. The van der Waals surface area contributed by atoms with Crippen molar-refractivity contribution in [2.45, 2.75) is 125 Å². The number of carbonyl (C=O) groups excluding carboxylic acids is 1. The van der Waals surface area contributed by atoms with Gasteiger partial charge >= 0.3 is 5.97 Å². The Morgan fingerprint density at radius 1 is 1.03 bits per heavy atom. The molecule has 4 aliphatic carbocycles. The van der Waals surface area contributed by atoms with Crippen LogP contribution in [0.5, 0.6) is 0 Å². The molecular formula is C31H52O3. The number of carbonyl (C=O) groups is 1. The zero-order chi connectivity index (χ0) is 24.8. The molecule has 3 fully saturated rings. The highest BCUT2D eigenvalue weighted by atomic mass is 16.5. The summed E-state index contributed by atoms with van der Waals surface area (Å²) in [5.41, 5.74) is 2.36. The first kappa shape index (κ1) is 26.2. The summed E-state index contributed by atoms with van der Waals surface area (Å²) in [6.07, 6.45) is 14.5. The first-order valence-corrected chi connectivity index (χ1v) is 14.6. The van der Waals surface area contributed by atoms with E-state index in [0.29, 0.717) is 22.7 Å². The number of hydrogen-bond donors (Lipinski definition) is 1. The van der Waals surface area contributed by atoms with Crippen LogP contribution in [0.2, 0.25) is 0 Å². The lowest BCUT2D eigenvalue weighted by Gasteiger charge is -2.58. The number of hydrogen-bond acceptors (Lipinski definition) is 3. The van der Waals surface area contributed by atoms with E-state index in [-0.39, 0.29) is 24.1 Å². The minimum Gasteiger partial charge on any atom is -0.462 e. The Bertz CT molecular complexity index is 769. The molecule has 3 saturated carbocycles. The lowest BCUT2D eigenvalue weighted by Crippen LogP contribution is -2.51. The van der Waals surface area contributed by atoms with Gasteiger partial charge in [0.25, 0.3) is 0 Å². The minimum atomic E-state index is -0.153. The second-order valence-electron chi connectivity index (χ2n) is 13.8. The molecule has 3 nitrogen and oxygen atoms in total. The highest BCUT2D eigenvalue weighted by molar-refractivity contribution is 5.71. The summed E-state index contributed by atoms with van der Waals surface area (Å²) in [5, 5.41) is 10.4. The summed E-state index contributed by atoms with van der Waals surface area (Å²) in [5.74, 6) is 4.26. The summed E-state index contributed by atoms with van der Waals surface area (Å²) in [4.78, 5) is 12.2. The number of aliphatic hydroxyl groups excluding tert-OH is 1. The average molecular weight is 473 g/mol. The second kappa shape index (κ2) is 9.91. The Labute approximate surface area is 209 Å². The van der Waals surface area contributed by atoms with Crippen LogP contribution < -0.4 is 0 Å². The average Bonchev–Trinajstić information content (AvgIpc) is 3.14. The molecule has 0 heterocycles. The van der Waals surface area contributed by atoms with Crippen molar-refractivity contribution in [3.8, 4) is 0 Å². The fraction of sp³-hybridized carbons (Fsp3) is 0.903. The zero-order valence-corrected chi connectivity index (χ0v) is 23.1. The van der Waals surface area contributed by atoms with Gasteiger partial charge < -0.3 is 9.84 Å². The normalized spacial score (nSPS) is 41.4. The number of aliphatic hydroxyl groups is 1. The molecule has 1 N–H and O–H groups in total. The summed E-state index contributed by atoms with van der Waals surface area (Å²) in [6.45, 7) is 15.8. The lowest BCUT2D eigenvalue weighted by atomic mass is 9.47. The minimum absolute atomic E-state index is 0.0386. The molecule has 0 saturated heterocycles. The van der Waals surface area contributed by atoms with Gasteiger partial charge in [0, 0.05) is 6.42 Å². The van der Waals surface area contributed by atoms with Crippen molar-refractivity contribution in [2.24, 2.45) is 52.3 Å². The van der Waals surface area contributed by atoms with Gasteiger partial charge in [0.1, 0.15) is 6.10 Å². The number of rotatable bonds is 7. The van der Waals surface area contributed by atoms with Crippen LogP contribution in [-0.4, -0.2) is 23.3 Å². The van der Waals surface area contributed by atoms with Gasteiger partial charge in [0.05, 0.1) is 12.0 Å². The summed E-state index contributed by atoms with van der Waals surface area (Å²) < 4.78 is 5.87. The first-order chi connectivity index (χ1) is 16.0. The van der Waals surface area contributed by atoms with E-state index in [0.717, 1.165) is 42.9 Å². The summed E-state index contributed by atoms with van der Waals surface area (Å²) >= 11 is 0. The fourth-order valence-corrected chi connectivity index (χ4v) is 8.97. The van der Waals surface area contributed by atoms with Gasteiger partial charge in [-0.25, -0.2) is 0 Å². The van der Waals surface area contributed by atoms with E-state index in [1.165, 1.54) is 44.9 Å². The topological polar surface area (TPSA) is 46.5 Å². The number of fused-ring (bicyclic) bond motifs is 5. The highest BCUT2D eigenvalue weighted by Gasteiger charge is 2.59. The van der Waals surface area contributed by atoms with Crippen LogP contribution in [0.3, 0.4) is 0 Å². The standard InChI is InChI=1S/C31H52O3/c1-19(2)28(32)13-8-21(5)25-11-12-26-24-10-9-22-18-23(34-29(33)20(3)4)14-16-30(22,6)27(24)15-17-31(25,26)7/h9,19-21,23-28,32H,8,10-18H2,1-7H3/t21-,23+,24+,25-,26+,27+,28?,30+,31-/m1/s1. The van der Waals surface area contributed by atoms with Gasteiger partial charge in [-0.15, -0.1) is 0 Å². The number of esters is 1. The van der Waals surface area contributed by atoms with Crippen molar-refractivity contribution in [2.75, 3.05) is 0 Å². The van der Waals surface area contributed by atoms with E-state index in [2.05, 4.69) is 40.7 Å². The van der Waals surface area contributed by atoms with Gasteiger partial charge in [-0.1, -0.05) is 60.1 Å². The summed E-state index contributed by atoms with van der Waals surface area (Å²) in [6, 6.07) is 0. The molecule has 0 amide bonds. The van der Waals surface area contributed by atoms with Gasteiger partial charge in [-0.3, -0.25) is 4.79 Å². The van der Waals surface area contributed by atoms with E-state index in [1.54, 1.807) is 5.57 Å². The van der Waals surface area contributed by atoms with E-state index >= 15 is 0 Å². The third-order valence-corrected chi connectivity index (χ3v) is 11.3. The monoisotopic (exact) mass is 472 g/mol. The Morgan fingerprint density at radius 2 is 1.76 bits per heavy atom. The molecule has 0 spiro atoms. The lowest BCUT2D eigenvalue weighted by molar-refractivity contribution is -0.155. The van der Waals surface area contributed by atoms with Crippen LogP contribution in [0.1, 0.15) is 113 Å². The van der Waals surface area contributed by atoms with E-state index < -0.39 is 0 Å². The smallest absolute Gasteiger partial charge is 0.308 e. The van der Waals surface area contributed by atoms with Gasteiger partial charge in [0.15, 0.2) is 0 Å².